The number of aromatic nitrogens is 4. The lowest BCUT2D eigenvalue weighted by Gasteiger charge is -2.10. The van der Waals surface area contributed by atoms with E-state index in [0.29, 0.717) is 17.6 Å². The SMILES string of the molecule is CN(C)CCCOc1ccc(-c2cn(-c3ccccc3)c3c(Cl)ncnc23)cn1. The lowest BCUT2D eigenvalue weighted by atomic mass is 10.1. The number of benzene rings is 1. The van der Waals surface area contributed by atoms with Crippen LogP contribution in [0.3, 0.4) is 0 Å². The summed E-state index contributed by atoms with van der Waals surface area (Å²) < 4.78 is 7.75. The molecule has 148 valence electrons. The molecule has 0 saturated carbocycles. The average molecular weight is 408 g/mol. The van der Waals surface area contributed by atoms with E-state index < -0.39 is 0 Å². The number of hydrogen-bond acceptors (Lipinski definition) is 5. The van der Waals surface area contributed by atoms with Crippen LogP contribution in [0.5, 0.6) is 5.88 Å². The van der Waals surface area contributed by atoms with E-state index in [-0.39, 0.29) is 0 Å². The molecule has 0 radical (unpaired) electrons. The smallest absolute Gasteiger partial charge is 0.213 e. The van der Waals surface area contributed by atoms with Gasteiger partial charge in [-0.05, 0) is 38.7 Å². The second kappa shape index (κ2) is 8.59. The van der Waals surface area contributed by atoms with Crippen molar-refractivity contribution in [1.82, 2.24) is 24.4 Å². The Morgan fingerprint density at radius 3 is 2.59 bits per heavy atom. The van der Waals surface area contributed by atoms with Crippen molar-refractivity contribution in [3.05, 3.63) is 66.3 Å². The van der Waals surface area contributed by atoms with Crippen molar-refractivity contribution in [3.8, 4) is 22.7 Å². The summed E-state index contributed by atoms with van der Waals surface area (Å²) >= 11 is 6.42. The Bertz CT molecular complexity index is 1090. The minimum Gasteiger partial charge on any atom is -0.478 e. The fourth-order valence-electron chi connectivity index (χ4n) is 3.21. The van der Waals surface area contributed by atoms with Gasteiger partial charge in [-0.25, -0.2) is 15.0 Å². The molecule has 1 aromatic carbocycles. The molecule has 3 aromatic heterocycles. The molecule has 0 amide bonds. The molecule has 6 nitrogen and oxygen atoms in total. The van der Waals surface area contributed by atoms with Crippen LogP contribution in [-0.2, 0) is 0 Å². The van der Waals surface area contributed by atoms with Crippen LogP contribution < -0.4 is 4.74 Å². The van der Waals surface area contributed by atoms with E-state index in [1.165, 1.54) is 6.33 Å². The van der Waals surface area contributed by atoms with Crippen LogP contribution in [0.25, 0.3) is 27.8 Å². The molecule has 4 rings (SSSR count). The monoisotopic (exact) mass is 407 g/mol. The zero-order valence-electron chi connectivity index (χ0n) is 16.4. The number of halogens is 1. The third-order valence-electron chi connectivity index (χ3n) is 4.61. The third-order valence-corrected chi connectivity index (χ3v) is 4.89. The van der Waals surface area contributed by atoms with Crippen LogP contribution in [0.4, 0.5) is 0 Å². The Kier molecular flexibility index (Phi) is 5.74. The Hall–Kier alpha value is -2.96. The maximum Gasteiger partial charge on any atom is 0.213 e. The molecule has 0 atom stereocenters. The van der Waals surface area contributed by atoms with Gasteiger partial charge in [-0.3, -0.25) is 0 Å². The van der Waals surface area contributed by atoms with Crippen LogP contribution in [0.1, 0.15) is 6.42 Å². The van der Waals surface area contributed by atoms with Crippen molar-refractivity contribution in [2.24, 2.45) is 0 Å². The normalized spacial score (nSPS) is 11.3. The lowest BCUT2D eigenvalue weighted by molar-refractivity contribution is 0.273. The minimum absolute atomic E-state index is 0.416. The summed E-state index contributed by atoms with van der Waals surface area (Å²) in [7, 11) is 4.10. The van der Waals surface area contributed by atoms with Gasteiger partial charge in [0.2, 0.25) is 5.88 Å². The number of pyridine rings is 1. The molecule has 29 heavy (non-hydrogen) atoms. The van der Waals surface area contributed by atoms with Gasteiger partial charge in [-0.1, -0.05) is 29.8 Å². The van der Waals surface area contributed by atoms with Gasteiger partial charge in [-0.15, -0.1) is 0 Å². The van der Waals surface area contributed by atoms with Gasteiger partial charge in [0.25, 0.3) is 0 Å². The molecule has 0 N–H and O–H groups in total. The Morgan fingerprint density at radius 2 is 1.86 bits per heavy atom. The molecule has 0 aliphatic rings. The zero-order valence-corrected chi connectivity index (χ0v) is 17.2. The van der Waals surface area contributed by atoms with Gasteiger partial charge in [0.05, 0.1) is 6.61 Å². The fourth-order valence-corrected chi connectivity index (χ4v) is 3.43. The van der Waals surface area contributed by atoms with Gasteiger partial charge >= 0.3 is 0 Å². The highest BCUT2D eigenvalue weighted by Gasteiger charge is 2.16. The Morgan fingerprint density at radius 1 is 1.03 bits per heavy atom. The average Bonchev–Trinajstić information content (AvgIpc) is 3.13. The van der Waals surface area contributed by atoms with E-state index in [1.807, 2.05) is 53.2 Å². The molecule has 0 bridgehead atoms. The first-order valence-corrected chi connectivity index (χ1v) is 9.82. The molecule has 7 heteroatoms. The fraction of sp³-hybridized carbons (Fsp3) is 0.227. The molecule has 0 aliphatic heterocycles. The summed E-state index contributed by atoms with van der Waals surface area (Å²) in [5.74, 6) is 0.618. The summed E-state index contributed by atoms with van der Waals surface area (Å²) in [5, 5.41) is 0.416. The van der Waals surface area contributed by atoms with Crippen molar-refractivity contribution < 1.29 is 4.74 Å². The first-order valence-electron chi connectivity index (χ1n) is 9.44. The predicted octanol–water partition coefficient (Wildman–Crippen LogP) is 4.47. The highest BCUT2D eigenvalue weighted by Crippen LogP contribution is 2.34. The molecule has 4 aromatic rings. The highest BCUT2D eigenvalue weighted by atomic mass is 35.5. The van der Waals surface area contributed by atoms with Crippen LogP contribution in [-0.4, -0.2) is 51.7 Å². The van der Waals surface area contributed by atoms with Crippen LogP contribution in [0.15, 0.2) is 61.2 Å². The molecule has 0 saturated heterocycles. The maximum atomic E-state index is 6.42. The molecular formula is C22H22ClN5O. The topological polar surface area (TPSA) is 56.1 Å². The quantitative estimate of drug-likeness (QED) is 0.334. The first kappa shape index (κ1) is 19.4. The minimum atomic E-state index is 0.416. The molecule has 0 fully saturated rings. The van der Waals surface area contributed by atoms with Crippen LogP contribution in [0, 0.1) is 0 Å². The Labute approximate surface area is 174 Å². The van der Waals surface area contributed by atoms with E-state index in [0.717, 1.165) is 40.8 Å². The van der Waals surface area contributed by atoms with Crippen molar-refractivity contribution in [2.75, 3.05) is 27.2 Å². The van der Waals surface area contributed by atoms with Crippen LogP contribution >= 0.6 is 11.6 Å². The Balaban J connectivity index is 1.65. The van der Waals surface area contributed by atoms with E-state index in [1.54, 1.807) is 6.20 Å². The van der Waals surface area contributed by atoms with Crippen molar-refractivity contribution >= 4 is 22.6 Å². The van der Waals surface area contributed by atoms with E-state index in [2.05, 4.69) is 33.9 Å². The number of hydrogen-bond donors (Lipinski definition) is 0. The van der Waals surface area contributed by atoms with Crippen molar-refractivity contribution in [1.29, 1.82) is 0 Å². The first-order chi connectivity index (χ1) is 14.1. The second-order valence-corrected chi connectivity index (χ2v) is 7.36. The largest absolute Gasteiger partial charge is 0.478 e. The second-order valence-electron chi connectivity index (χ2n) is 7.00. The number of fused-ring (bicyclic) bond motifs is 1. The van der Waals surface area contributed by atoms with Gasteiger partial charge < -0.3 is 14.2 Å². The molecule has 0 spiro atoms. The van der Waals surface area contributed by atoms with E-state index >= 15 is 0 Å². The van der Waals surface area contributed by atoms with E-state index in [9.17, 15) is 0 Å². The molecule has 0 aliphatic carbocycles. The number of nitrogens with zero attached hydrogens (tertiary/aromatic N) is 5. The summed E-state index contributed by atoms with van der Waals surface area (Å²) in [6, 6.07) is 13.9. The molecule has 0 unspecified atom stereocenters. The van der Waals surface area contributed by atoms with Gasteiger partial charge in [-0.2, -0.15) is 0 Å². The summed E-state index contributed by atoms with van der Waals surface area (Å²) in [4.78, 5) is 15.2. The van der Waals surface area contributed by atoms with Crippen molar-refractivity contribution in [3.63, 3.8) is 0 Å². The summed E-state index contributed by atoms with van der Waals surface area (Å²) in [5.41, 5.74) is 4.45. The molecule has 3 heterocycles. The predicted molar refractivity (Wildman–Crippen MR) is 116 cm³/mol. The van der Waals surface area contributed by atoms with Gasteiger partial charge in [0.15, 0.2) is 5.15 Å². The molecular weight excluding hydrogens is 386 g/mol. The van der Waals surface area contributed by atoms with Crippen molar-refractivity contribution in [2.45, 2.75) is 6.42 Å². The highest BCUT2D eigenvalue weighted by molar-refractivity contribution is 6.34. The standard InChI is InChI=1S/C22H22ClN5O/c1-27(2)11-6-12-29-19-10-9-16(13-24-19)18-14-28(17-7-4-3-5-8-17)21-20(18)25-15-26-22(21)23/h3-5,7-10,13-15H,6,11-12H2,1-2H3. The number of ether oxygens (including phenoxy) is 1. The van der Waals surface area contributed by atoms with Gasteiger partial charge in [0, 0.05) is 41.8 Å². The van der Waals surface area contributed by atoms with E-state index in [4.69, 9.17) is 16.3 Å². The lowest BCUT2D eigenvalue weighted by Crippen LogP contribution is -2.15. The van der Waals surface area contributed by atoms with Gasteiger partial charge in [0.1, 0.15) is 17.4 Å². The summed E-state index contributed by atoms with van der Waals surface area (Å²) in [6.07, 6.45) is 6.27. The summed E-state index contributed by atoms with van der Waals surface area (Å²) in [6.45, 7) is 1.62. The number of rotatable bonds is 7. The number of para-hydroxylation sites is 1. The van der Waals surface area contributed by atoms with Crippen LogP contribution in [0.2, 0.25) is 5.15 Å². The maximum absolute atomic E-state index is 6.42. The zero-order chi connectivity index (χ0) is 20.2. The third kappa shape index (κ3) is 4.23.